The number of pyridine rings is 2. The van der Waals surface area contributed by atoms with Gasteiger partial charge in [-0.25, -0.2) is 0 Å². The van der Waals surface area contributed by atoms with Crippen LogP contribution in [0, 0.1) is 5.92 Å². The Hall–Kier alpha value is -4.11. The predicted octanol–water partition coefficient (Wildman–Crippen LogP) is 7.28. The first-order valence-electron chi connectivity index (χ1n) is 11.6. The molecule has 2 aromatic carbocycles. The van der Waals surface area contributed by atoms with Crippen molar-refractivity contribution in [2.24, 2.45) is 5.92 Å². The zero-order valence-electron chi connectivity index (χ0n) is 19.2. The molecule has 0 saturated heterocycles. The number of ketones is 1. The Morgan fingerprint density at radius 1 is 0.588 bits per heavy atom. The van der Waals surface area contributed by atoms with Gasteiger partial charge in [-0.15, -0.1) is 0 Å². The molecule has 5 rings (SSSR count). The van der Waals surface area contributed by atoms with Gasteiger partial charge in [0.2, 0.25) is 0 Å². The number of allylic oxidation sites excluding steroid dienone is 2. The quantitative estimate of drug-likeness (QED) is 0.312. The summed E-state index contributed by atoms with van der Waals surface area (Å²) in [6.07, 6.45) is 12.9. The third-order valence-electron chi connectivity index (χ3n) is 6.25. The highest BCUT2D eigenvalue weighted by Gasteiger charge is 2.25. The number of aromatic nitrogens is 2. The van der Waals surface area contributed by atoms with Crippen molar-refractivity contribution in [3.8, 4) is 22.3 Å². The Bertz CT molecular complexity index is 1230. The number of benzene rings is 2. The van der Waals surface area contributed by atoms with Crippen molar-refractivity contribution in [3.63, 3.8) is 0 Å². The third kappa shape index (κ3) is 4.94. The monoisotopic (exact) mass is 442 g/mol. The SMILES string of the molecule is CC1C/C(=C\c2ccc(-c3ccncc3)cc2)C(=O)/C(=C/c2ccc(-c3ccncc3)cc2)C1. The van der Waals surface area contributed by atoms with E-state index in [-0.39, 0.29) is 5.78 Å². The van der Waals surface area contributed by atoms with E-state index in [4.69, 9.17) is 0 Å². The fraction of sp³-hybridized carbons (Fsp3) is 0.129. The zero-order valence-corrected chi connectivity index (χ0v) is 19.2. The first-order valence-corrected chi connectivity index (χ1v) is 11.6. The van der Waals surface area contributed by atoms with Gasteiger partial charge in [-0.2, -0.15) is 0 Å². The number of carbonyl (C=O) groups excluding carboxylic acids is 1. The molecule has 2 aromatic heterocycles. The number of hydrogen-bond acceptors (Lipinski definition) is 3. The van der Waals surface area contributed by atoms with Gasteiger partial charge < -0.3 is 0 Å². The third-order valence-corrected chi connectivity index (χ3v) is 6.25. The van der Waals surface area contributed by atoms with Crippen LogP contribution in [0.3, 0.4) is 0 Å². The molecule has 166 valence electrons. The van der Waals surface area contributed by atoms with Crippen LogP contribution >= 0.6 is 0 Å². The van der Waals surface area contributed by atoms with E-state index in [0.29, 0.717) is 5.92 Å². The minimum atomic E-state index is 0.162. The summed E-state index contributed by atoms with van der Waals surface area (Å²) < 4.78 is 0. The second kappa shape index (κ2) is 9.80. The highest BCUT2D eigenvalue weighted by atomic mass is 16.1. The first-order chi connectivity index (χ1) is 16.7. The molecular weight excluding hydrogens is 416 g/mol. The molecule has 1 fully saturated rings. The largest absolute Gasteiger partial charge is 0.289 e. The summed E-state index contributed by atoms with van der Waals surface area (Å²) in [7, 11) is 0. The van der Waals surface area contributed by atoms with Crippen molar-refractivity contribution in [1.82, 2.24) is 9.97 Å². The molecule has 1 saturated carbocycles. The lowest BCUT2D eigenvalue weighted by atomic mass is 9.80. The summed E-state index contributed by atoms with van der Waals surface area (Å²) in [5, 5.41) is 0. The molecular formula is C31H26N2O. The Morgan fingerprint density at radius 3 is 1.32 bits per heavy atom. The van der Waals surface area contributed by atoms with Crippen molar-refractivity contribution in [2.45, 2.75) is 19.8 Å². The maximum atomic E-state index is 13.3. The molecule has 0 radical (unpaired) electrons. The fourth-order valence-corrected chi connectivity index (χ4v) is 4.50. The van der Waals surface area contributed by atoms with Crippen LogP contribution in [0.25, 0.3) is 34.4 Å². The van der Waals surface area contributed by atoms with Crippen LogP contribution < -0.4 is 0 Å². The van der Waals surface area contributed by atoms with Crippen molar-refractivity contribution in [1.29, 1.82) is 0 Å². The van der Waals surface area contributed by atoms with Crippen LogP contribution in [0.4, 0.5) is 0 Å². The van der Waals surface area contributed by atoms with Crippen molar-refractivity contribution in [3.05, 3.63) is 120 Å². The maximum absolute atomic E-state index is 13.3. The second-order valence-electron chi connectivity index (χ2n) is 8.90. The average molecular weight is 443 g/mol. The molecule has 0 N–H and O–H groups in total. The van der Waals surface area contributed by atoms with Crippen LogP contribution in [0.1, 0.15) is 30.9 Å². The van der Waals surface area contributed by atoms with Crippen molar-refractivity contribution >= 4 is 17.9 Å². The average Bonchev–Trinajstić information content (AvgIpc) is 2.89. The molecule has 0 unspecified atom stereocenters. The summed E-state index contributed by atoms with van der Waals surface area (Å²) in [5.74, 6) is 0.594. The zero-order chi connectivity index (χ0) is 23.3. The first kappa shape index (κ1) is 21.7. The summed E-state index contributed by atoms with van der Waals surface area (Å²) in [5.41, 5.74) is 8.43. The smallest absolute Gasteiger partial charge is 0.185 e. The van der Waals surface area contributed by atoms with E-state index in [0.717, 1.165) is 57.4 Å². The van der Waals surface area contributed by atoms with Crippen LogP contribution in [0.2, 0.25) is 0 Å². The van der Waals surface area contributed by atoms with E-state index in [2.05, 4.69) is 77.6 Å². The summed E-state index contributed by atoms with van der Waals surface area (Å²) >= 11 is 0. The van der Waals surface area contributed by atoms with Gasteiger partial charge in [0.15, 0.2) is 5.78 Å². The fourth-order valence-electron chi connectivity index (χ4n) is 4.50. The van der Waals surface area contributed by atoms with Crippen molar-refractivity contribution in [2.75, 3.05) is 0 Å². The van der Waals surface area contributed by atoms with Crippen LogP contribution in [-0.2, 0) is 4.79 Å². The van der Waals surface area contributed by atoms with Crippen LogP contribution in [0.5, 0.6) is 0 Å². The molecule has 0 atom stereocenters. The molecule has 0 spiro atoms. The highest BCUT2D eigenvalue weighted by molar-refractivity contribution is 6.14. The molecule has 0 aliphatic heterocycles. The Kier molecular flexibility index (Phi) is 6.26. The second-order valence-corrected chi connectivity index (χ2v) is 8.90. The Labute approximate surface area is 200 Å². The standard InChI is InChI=1S/C31H26N2O/c1-22-18-29(20-23-2-6-25(7-3-23)27-10-14-32-15-11-27)31(34)30(19-22)21-24-4-8-26(9-5-24)28-12-16-33-17-13-28/h2-17,20-22H,18-19H2,1H3/b29-20+,30-21+. The van der Waals surface area contributed by atoms with Gasteiger partial charge in [-0.05, 0) is 88.6 Å². The van der Waals surface area contributed by atoms with E-state index >= 15 is 0 Å². The van der Waals surface area contributed by atoms with E-state index < -0.39 is 0 Å². The van der Waals surface area contributed by atoms with Gasteiger partial charge in [0.05, 0.1) is 0 Å². The molecule has 0 bridgehead atoms. The van der Waals surface area contributed by atoms with Crippen LogP contribution in [0.15, 0.2) is 109 Å². The van der Waals surface area contributed by atoms with E-state index in [1.54, 1.807) is 24.8 Å². The minimum absolute atomic E-state index is 0.162. The highest BCUT2D eigenvalue weighted by Crippen LogP contribution is 2.32. The number of hydrogen-bond donors (Lipinski definition) is 0. The molecule has 1 aliphatic rings. The van der Waals surface area contributed by atoms with Gasteiger partial charge in [0.1, 0.15) is 0 Å². The molecule has 2 heterocycles. The molecule has 3 heteroatoms. The van der Waals surface area contributed by atoms with E-state index in [1.165, 1.54) is 0 Å². The van der Waals surface area contributed by atoms with Crippen molar-refractivity contribution < 1.29 is 4.79 Å². The summed E-state index contributed by atoms with van der Waals surface area (Å²) in [6.45, 7) is 2.22. The van der Waals surface area contributed by atoms with Gasteiger partial charge in [0, 0.05) is 35.9 Å². The lowest BCUT2D eigenvalue weighted by molar-refractivity contribution is -0.113. The van der Waals surface area contributed by atoms with E-state index in [9.17, 15) is 4.79 Å². The van der Waals surface area contributed by atoms with Gasteiger partial charge >= 0.3 is 0 Å². The predicted molar refractivity (Wildman–Crippen MR) is 139 cm³/mol. The lowest BCUT2D eigenvalue weighted by Crippen LogP contribution is -2.18. The molecule has 34 heavy (non-hydrogen) atoms. The van der Waals surface area contributed by atoms with Gasteiger partial charge in [-0.3, -0.25) is 14.8 Å². The molecule has 3 nitrogen and oxygen atoms in total. The van der Waals surface area contributed by atoms with E-state index in [1.807, 2.05) is 24.3 Å². The summed E-state index contributed by atoms with van der Waals surface area (Å²) in [4.78, 5) is 21.5. The van der Waals surface area contributed by atoms with Gasteiger partial charge in [-0.1, -0.05) is 55.5 Å². The number of carbonyl (C=O) groups is 1. The number of Topliss-reactive ketones (excluding diaryl/α,β-unsaturated/α-hetero) is 1. The maximum Gasteiger partial charge on any atom is 0.185 e. The van der Waals surface area contributed by atoms with Gasteiger partial charge in [0.25, 0.3) is 0 Å². The Morgan fingerprint density at radius 2 is 0.941 bits per heavy atom. The number of rotatable bonds is 4. The Balaban J connectivity index is 1.37. The lowest BCUT2D eigenvalue weighted by Gasteiger charge is -2.22. The normalized spacial score (nSPS) is 18.4. The minimum Gasteiger partial charge on any atom is -0.289 e. The summed E-state index contributed by atoms with van der Waals surface area (Å²) in [6, 6.07) is 24.7. The topological polar surface area (TPSA) is 42.9 Å². The number of nitrogens with zero attached hydrogens (tertiary/aromatic N) is 2. The molecule has 4 aromatic rings. The molecule has 1 aliphatic carbocycles. The van der Waals surface area contributed by atoms with Crippen LogP contribution in [-0.4, -0.2) is 15.8 Å². The molecule has 0 amide bonds.